The lowest BCUT2D eigenvalue weighted by atomic mass is 9.72. The summed E-state index contributed by atoms with van der Waals surface area (Å²) in [6.07, 6.45) is 9.05. The number of pyridine rings is 1. The van der Waals surface area contributed by atoms with Crippen LogP contribution in [0.4, 0.5) is 17.1 Å². The summed E-state index contributed by atoms with van der Waals surface area (Å²) >= 11 is 6.27. The van der Waals surface area contributed by atoms with Gasteiger partial charge in [0.2, 0.25) is 11.8 Å². The van der Waals surface area contributed by atoms with Gasteiger partial charge in [-0.25, -0.2) is 18.1 Å². The summed E-state index contributed by atoms with van der Waals surface area (Å²) in [5.74, 6) is 4.96. The molecule has 6 heterocycles. The lowest BCUT2D eigenvalue weighted by molar-refractivity contribution is -0.384. The Morgan fingerprint density at radius 1 is 0.919 bits per heavy atom. The first-order chi connectivity index (χ1) is 41.4. The maximum Gasteiger partial charge on any atom is 0.293 e. The van der Waals surface area contributed by atoms with Gasteiger partial charge in [-0.3, -0.25) is 39.5 Å². The van der Waals surface area contributed by atoms with Gasteiger partial charge >= 0.3 is 0 Å². The molecule has 5 aliphatic rings. The Balaban J connectivity index is 0.668. The van der Waals surface area contributed by atoms with Gasteiger partial charge in [0.15, 0.2) is 0 Å². The van der Waals surface area contributed by atoms with Crippen LogP contribution in [0.1, 0.15) is 103 Å². The molecule has 4 aliphatic heterocycles. The zero-order valence-corrected chi connectivity index (χ0v) is 49.7. The minimum Gasteiger partial charge on any atom is -0.455 e. The summed E-state index contributed by atoms with van der Waals surface area (Å²) in [5.41, 5.74) is 7.39. The second-order valence-electron chi connectivity index (χ2n) is 23.5. The average molecular weight is 1210 g/mol. The normalized spacial score (nSPS) is 18.6. The predicted molar refractivity (Wildman–Crippen MR) is 327 cm³/mol. The SMILES string of the molecule is CC1(C)CCC(CN2CCN(c3ccc(C(=O)NS(=O)(=O)c4ccc(NCC5CCN(CCOCCC#Cc6cccc7c6CN(C6CCC(=O)NC6=O)C7=O)CC5)c([N+](=O)[O-])c4)c(Oc4cnc5[nH]ccc5c4)c3)CC2)=C(c2ccc(Cl)cc2)C1. The van der Waals surface area contributed by atoms with Crippen molar-refractivity contribution in [2.75, 3.05) is 82.3 Å². The van der Waals surface area contributed by atoms with Crippen molar-refractivity contribution in [1.82, 2.24) is 34.7 Å². The predicted octanol–water partition coefficient (Wildman–Crippen LogP) is 9.16. The van der Waals surface area contributed by atoms with E-state index in [2.05, 4.69) is 77.8 Å². The number of piperidine rings is 2. The molecule has 2 aromatic heterocycles. The first-order valence-electron chi connectivity index (χ1n) is 29.3. The number of hydrogen-bond acceptors (Lipinski definition) is 15. The van der Waals surface area contributed by atoms with Crippen LogP contribution in [0.2, 0.25) is 5.02 Å². The Bertz CT molecular complexity index is 3800. The molecule has 86 heavy (non-hydrogen) atoms. The molecule has 1 aliphatic carbocycles. The molecule has 0 radical (unpaired) electrons. The number of carbonyl (C=O) groups excluding carboxylic acids is 4. The average Bonchev–Trinajstić information content (AvgIpc) is 4.36. The number of rotatable bonds is 19. The monoisotopic (exact) mass is 1200 g/mol. The van der Waals surface area contributed by atoms with E-state index in [9.17, 15) is 37.7 Å². The number of nitro benzene ring substituents is 1. The highest BCUT2D eigenvalue weighted by Crippen LogP contribution is 2.44. The van der Waals surface area contributed by atoms with Gasteiger partial charge in [0.1, 0.15) is 28.9 Å². The van der Waals surface area contributed by atoms with Gasteiger partial charge in [-0.15, -0.1) is 0 Å². The van der Waals surface area contributed by atoms with Gasteiger partial charge in [0.05, 0.1) is 34.8 Å². The van der Waals surface area contributed by atoms with Gasteiger partial charge in [0, 0.05) is 111 Å². The smallest absolute Gasteiger partial charge is 0.293 e. The number of sulfonamides is 1. The third kappa shape index (κ3) is 13.9. The summed E-state index contributed by atoms with van der Waals surface area (Å²) in [6.45, 7) is 12.5. The topological polar surface area (TPSA) is 242 Å². The number of carbonyl (C=O) groups is 4. The molecular formula is C64H69ClN10O10S. The van der Waals surface area contributed by atoms with Gasteiger partial charge in [-0.2, -0.15) is 0 Å². The zero-order valence-electron chi connectivity index (χ0n) is 48.2. The van der Waals surface area contributed by atoms with Crippen molar-refractivity contribution in [2.24, 2.45) is 11.3 Å². The summed E-state index contributed by atoms with van der Waals surface area (Å²) < 4.78 is 42.4. The van der Waals surface area contributed by atoms with Crippen molar-refractivity contribution in [3.63, 3.8) is 0 Å². The van der Waals surface area contributed by atoms with Crippen LogP contribution in [0.3, 0.4) is 0 Å². The molecule has 4 amide bonds. The number of nitrogens with one attached hydrogen (secondary N) is 4. The van der Waals surface area contributed by atoms with E-state index >= 15 is 0 Å². The number of ether oxygens (including phenoxy) is 2. The zero-order chi connectivity index (χ0) is 60.1. The number of anilines is 2. The first kappa shape index (κ1) is 59.6. The molecule has 0 bridgehead atoms. The molecule has 4 aromatic carbocycles. The fourth-order valence-corrected chi connectivity index (χ4v) is 13.3. The van der Waals surface area contributed by atoms with Crippen LogP contribution < -0.4 is 25.0 Å². The van der Waals surface area contributed by atoms with Crippen LogP contribution in [0.15, 0.2) is 114 Å². The number of halogens is 1. The number of aromatic nitrogens is 2. The Labute approximate surface area is 504 Å². The maximum atomic E-state index is 14.2. The number of hydrogen-bond donors (Lipinski definition) is 4. The van der Waals surface area contributed by atoms with Crippen LogP contribution in [-0.2, 0) is 30.9 Å². The summed E-state index contributed by atoms with van der Waals surface area (Å²) in [7, 11) is -4.63. The van der Waals surface area contributed by atoms with Crippen molar-refractivity contribution in [3.8, 4) is 23.3 Å². The number of fused-ring (bicyclic) bond motifs is 2. The van der Waals surface area contributed by atoms with Crippen LogP contribution >= 0.6 is 11.6 Å². The molecule has 0 spiro atoms. The van der Waals surface area contributed by atoms with Crippen molar-refractivity contribution in [3.05, 3.63) is 152 Å². The van der Waals surface area contributed by atoms with E-state index in [-0.39, 0.29) is 53.1 Å². The van der Waals surface area contributed by atoms with Crippen LogP contribution in [-0.4, -0.2) is 140 Å². The van der Waals surface area contributed by atoms with Gasteiger partial charge in [-0.1, -0.05) is 61.1 Å². The number of allylic oxidation sites excluding steroid dienone is 1. The third-order valence-corrected chi connectivity index (χ3v) is 18.6. The summed E-state index contributed by atoms with van der Waals surface area (Å²) in [6, 6.07) is 25.1. The van der Waals surface area contributed by atoms with Crippen molar-refractivity contribution in [1.29, 1.82) is 0 Å². The second-order valence-corrected chi connectivity index (χ2v) is 25.6. The first-order valence-corrected chi connectivity index (χ1v) is 31.1. The molecule has 3 fully saturated rings. The minimum atomic E-state index is -4.63. The Kier molecular flexibility index (Phi) is 17.9. The van der Waals surface area contributed by atoms with Crippen LogP contribution in [0.5, 0.6) is 11.5 Å². The largest absolute Gasteiger partial charge is 0.455 e. The van der Waals surface area contributed by atoms with E-state index in [1.54, 1.807) is 36.5 Å². The number of benzene rings is 4. The molecule has 1 unspecified atom stereocenters. The molecular weight excluding hydrogens is 1140 g/mol. The van der Waals surface area contributed by atoms with Crippen LogP contribution in [0, 0.1) is 33.3 Å². The molecule has 1 atom stereocenters. The van der Waals surface area contributed by atoms with E-state index in [1.165, 1.54) is 46.0 Å². The lowest BCUT2D eigenvalue weighted by Gasteiger charge is -2.39. The fourth-order valence-electron chi connectivity index (χ4n) is 12.1. The maximum absolute atomic E-state index is 14.2. The number of aromatic amines is 1. The number of H-pyrrole nitrogens is 1. The number of amides is 4. The van der Waals surface area contributed by atoms with Crippen molar-refractivity contribution < 1.29 is 42.0 Å². The summed E-state index contributed by atoms with van der Waals surface area (Å²) in [5, 5.41) is 19.5. The van der Waals surface area contributed by atoms with E-state index in [1.807, 2.05) is 24.3 Å². The van der Waals surface area contributed by atoms with Crippen molar-refractivity contribution >= 4 is 78.9 Å². The number of piperazine rings is 1. The van der Waals surface area contributed by atoms with Gasteiger partial charge in [0.25, 0.3) is 27.5 Å². The molecule has 6 aromatic rings. The Morgan fingerprint density at radius 2 is 1.72 bits per heavy atom. The molecule has 3 saturated heterocycles. The van der Waals surface area contributed by atoms with Crippen molar-refractivity contribution in [2.45, 2.75) is 82.7 Å². The Hall–Kier alpha value is -8.13. The number of nitrogens with zero attached hydrogens (tertiary/aromatic N) is 6. The van der Waals surface area contributed by atoms with E-state index in [4.69, 9.17) is 21.1 Å². The highest BCUT2D eigenvalue weighted by atomic mass is 35.5. The third-order valence-electron chi connectivity index (χ3n) is 17.1. The Morgan fingerprint density at radius 3 is 2.50 bits per heavy atom. The van der Waals surface area contributed by atoms with Gasteiger partial charge in [-0.05, 0) is 140 Å². The number of nitro groups is 1. The lowest BCUT2D eigenvalue weighted by Crippen LogP contribution is -2.52. The van der Waals surface area contributed by atoms with E-state index < -0.39 is 43.4 Å². The van der Waals surface area contributed by atoms with Crippen LogP contribution in [0.25, 0.3) is 16.6 Å². The van der Waals surface area contributed by atoms with E-state index in [0.29, 0.717) is 62.6 Å². The molecule has 0 saturated carbocycles. The standard InChI is InChI=1S/C64H69ClN10O10S/c1-64(2)23-19-46(53(37-64)44-9-11-47(65)12-10-44)40-72-27-29-73(30-28-72)48-13-15-52(58(35-48)85-49-34-45-20-24-66-60(45)68-39-49)61(77)70-86(82,83)50-14-16-55(57(36-50)75(80)81)67-38-42-21-25-71(26-22-42)31-33-84-32-4-3-6-43-7-5-8-51-54(43)41-74(63(51)79)56-17-18-59(76)69-62(56)78/h5,7-16,20,24,34-36,39,42,56,67H,4,17-19,21-23,25-33,37-38,40-41H2,1-2H3,(H,66,68)(H,70,77)(H,69,76,78). The number of likely N-dealkylation sites (tertiary alicyclic amines) is 1. The molecule has 11 rings (SSSR count). The fraction of sp³-hybridized carbons (Fsp3) is 0.391. The summed E-state index contributed by atoms with van der Waals surface area (Å²) in [4.78, 5) is 78.9. The number of imide groups is 1. The quantitative estimate of drug-likeness (QED) is 0.0194. The highest BCUT2D eigenvalue weighted by molar-refractivity contribution is 7.90. The highest BCUT2D eigenvalue weighted by Gasteiger charge is 2.40. The molecule has 4 N–H and O–H groups in total. The van der Waals surface area contributed by atoms with Gasteiger partial charge < -0.3 is 34.5 Å². The minimum absolute atomic E-state index is 0.0589. The second kappa shape index (κ2) is 25.8. The molecule has 22 heteroatoms. The van der Waals surface area contributed by atoms with E-state index in [0.717, 1.165) is 105 Å². The molecule has 20 nitrogen and oxygen atoms in total. The molecule has 448 valence electrons.